The van der Waals surface area contributed by atoms with Gasteiger partial charge in [0.15, 0.2) is 0 Å². The Morgan fingerprint density at radius 2 is 1.09 bits per heavy atom. The van der Waals surface area contributed by atoms with Crippen LogP contribution in [-0.2, 0) is 0 Å². The standard InChI is InChI=1S/C20H43NO/c1-4-5-6-7-8-9-10-11-12-13-14-15-16-17-20(2,3)21-18-19-22/h21-22H,4-19H2,1-3H3. The third-order valence-electron chi connectivity index (χ3n) is 4.62. The smallest absolute Gasteiger partial charge is 0.0556 e. The normalized spacial score (nSPS) is 12.0. The molecular formula is C20H43NO. The van der Waals surface area contributed by atoms with Gasteiger partial charge in [-0.25, -0.2) is 0 Å². The Kier molecular flexibility index (Phi) is 15.7. The highest BCUT2D eigenvalue weighted by atomic mass is 16.3. The van der Waals surface area contributed by atoms with Crippen LogP contribution in [0.4, 0.5) is 0 Å². The molecule has 0 atom stereocenters. The van der Waals surface area contributed by atoms with Crippen molar-refractivity contribution in [3.63, 3.8) is 0 Å². The van der Waals surface area contributed by atoms with E-state index < -0.39 is 0 Å². The fourth-order valence-electron chi connectivity index (χ4n) is 3.07. The summed E-state index contributed by atoms with van der Waals surface area (Å²) >= 11 is 0. The van der Waals surface area contributed by atoms with Gasteiger partial charge >= 0.3 is 0 Å². The average molecular weight is 314 g/mol. The number of aliphatic hydroxyl groups excluding tert-OH is 1. The Hall–Kier alpha value is -0.0800. The van der Waals surface area contributed by atoms with E-state index in [0.717, 1.165) is 0 Å². The Morgan fingerprint density at radius 3 is 1.50 bits per heavy atom. The number of aliphatic hydroxyl groups is 1. The van der Waals surface area contributed by atoms with E-state index in [1.807, 2.05) is 0 Å². The van der Waals surface area contributed by atoms with Crippen LogP contribution in [0, 0.1) is 0 Å². The lowest BCUT2D eigenvalue weighted by Gasteiger charge is -2.26. The lowest BCUT2D eigenvalue weighted by molar-refractivity contribution is 0.258. The second kappa shape index (κ2) is 15.8. The van der Waals surface area contributed by atoms with Crippen molar-refractivity contribution in [2.24, 2.45) is 0 Å². The van der Waals surface area contributed by atoms with Gasteiger partial charge < -0.3 is 10.4 Å². The van der Waals surface area contributed by atoms with Gasteiger partial charge in [0.2, 0.25) is 0 Å². The highest BCUT2D eigenvalue weighted by molar-refractivity contribution is 4.76. The maximum Gasteiger partial charge on any atom is 0.0556 e. The molecule has 0 aliphatic heterocycles. The number of β-amino-alcohol motifs (C(OH)–C–C–N with tert-alkyl or cyclic N) is 1. The largest absolute Gasteiger partial charge is 0.395 e. The maximum atomic E-state index is 8.85. The van der Waals surface area contributed by atoms with Crippen LogP contribution in [-0.4, -0.2) is 23.8 Å². The summed E-state index contributed by atoms with van der Waals surface area (Å²) in [5, 5.41) is 12.3. The zero-order valence-electron chi connectivity index (χ0n) is 15.8. The predicted octanol–water partition coefficient (Wildman–Crippen LogP) is 5.83. The summed E-state index contributed by atoms with van der Waals surface area (Å²) < 4.78 is 0. The van der Waals surface area contributed by atoms with Crippen molar-refractivity contribution in [1.29, 1.82) is 0 Å². The van der Waals surface area contributed by atoms with Crippen molar-refractivity contribution in [3.8, 4) is 0 Å². The molecule has 0 rings (SSSR count). The van der Waals surface area contributed by atoms with E-state index in [-0.39, 0.29) is 12.1 Å². The van der Waals surface area contributed by atoms with Crippen LogP contribution in [0.2, 0.25) is 0 Å². The third-order valence-corrected chi connectivity index (χ3v) is 4.62. The van der Waals surface area contributed by atoms with Gasteiger partial charge in [-0.05, 0) is 20.3 Å². The highest BCUT2D eigenvalue weighted by Crippen LogP contribution is 2.16. The monoisotopic (exact) mass is 313 g/mol. The highest BCUT2D eigenvalue weighted by Gasteiger charge is 2.15. The summed E-state index contributed by atoms with van der Waals surface area (Å²) in [5.74, 6) is 0. The minimum absolute atomic E-state index is 0.181. The molecule has 0 fully saturated rings. The van der Waals surface area contributed by atoms with E-state index in [4.69, 9.17) is 5.11 Å². The first-order valence-electron chi connectivity index (χ1n) is 9.98. The molecule has 22 heavy (non-hydrogen) atoms. The van der Waals surface area contributed by atoms with E-state index in [2.05, 4.69) is 26.1 Å². The Labute approximate surface area is 140 Å². The minimum atomic E-state index is 0.181. The van der Waals surface area contributed by atoms with Crippen molar-refractivity contribution < 1.29 is 5.11 Å². The number of rotatable bonds is 17. The van der Waals surface area contributed by atoms with E-state index in [0.29, 0.717) is 6.54 Å². The van der Waals surface area contributed by atoms with E-state index in [9.17, 15) is 0 Å². The first kappa shape index (κ1) is 21.9. The van der Waals surface area contributed by atoms with Crippen molar-refractivity contribution >= 4 is 0 Å². The SMILES string of the molecule is CCCCCCCCCCCCCCCC(C)(C)NCCO. The van der Waals surface area contributed by atoms with Gasteiger partial charge in [0.05, 0.1) is 6.61 Å². The van der Waals surface area contributed by atoms with Crippen molar-refractivity contribution in [2.45, 2.75) is 116 Å². The molecule has 0 aromatic carbocycles. The quantitative estimate of drug-likeness (QED) is 0.331. The molecule has 0 aromatic heterocycles. The van der Waals surface area contributed by atoms with Crippen molar-refractivity contribution in [1.82, 2.24) is 5.32 Å². The first-order valence-corrected chi connectivity index (χ1v) is 9.98. The molecule has 0 bridgehead atoms. The predicted molar refractivity (Wildman–Crippen MR) is 99.5 cm³/mol. The molecule has 0 saturated carbocycles. The van der Waals surface area contributed by atoms with Crippen molar-refractivity contribution in [2.75, 3.05) is 13.2 Å². The van der Waals surface area contributed by atoms with Crippen LogP contribution in [0.5, 0.6) is 0 Å². The van der Waals surface area contributed by atoms with Crippen LogP contribution in [0.1, 0.15) is 111 Å². The molecule has 2 nitrogen and oxygen atoms in total. The number of hydrogen-bond acceptors (Lipinski definition) is 2. The Morgan fingerprint density at radius 1 is 0.682 bits per heavy atom. The zero-order chi connectivity index (χ0) is 16.5. The van der Waals surface area contributed by atoms with Crippen LogP contribution in [0.3, 0.4) is 0 Å². The van der Waals surface area contributed by atoms with Crippen LogP contribution in [0.15, 0.2) is 0 Å². The Bertz CT molecular complexity index is 216. The molecule has 0 aliphatic carbocycles. The molecular weight excluding hydrogens is 270 g/mol. The van der Waals surface area contributed by atoms with Gasteiger partial charge in [-0.1, -0.05) is 90.4 Å². The fraction of sp³-hybridized carbons (Fsp3) is 1.00. The molecule has 0 spiro atoms. The molecule has 0 unspecified atom stereocenters. The summed E-state index contributed by atoms with van der Waals surface area (Å²) in [6, 6.07) is 0. The molecule has 0 aliphatic rings. The first-order chi connectivity index (χ1) is 10.6. The minimum Gasteiger partial charge on any atom is -0.395 e. The zero-order valence-corrected chi connectivity index (χ0v) is 15.8. The Balaban J connectivity index is 3.17. The molecule has 0 saturated heterocycles. The van der Waals surface area contributed by atoms with E-state index in [1.165, 1.54) is 89.9 Å². The summed E-state index contributed by atoms with van der Waals surface area (Å²) in [7, 11) is 0. The van der Waals surface area contributed by atoms with Gasteiger partial charge in [-0.2, -0.15) is 0 Å². The van der Waals surface area contributed by atoms with E-state index in [1.54, 1.807) is 0 Å². The van der Waals surface area contributed by atoms with Crippen LogP contribution in [0.25, 0.3) is 0 Å². The second-order valence-corrected chi connectivity index (χ2v) is 7.53. The number of nitrogens with one attached hydrogen (secondary N) is 1. The molecule has 0 aromatic rings. The number of unbranched alkanes of at least 4 members (excludes halogenated alkanes) is 12. The molecule has 0 amide bonds. The lowest BCUT2D eigenvalue weighted by Crippen LogP contribution is -2.40. The van der Waals surface area contributed by atoms with Crippen LogP contribution < -0.4 is 5.32 Å². The van der Waals surface area contributed by atoms with Crippen molar-refractivity contribution in [3.05, 3.63) is 0 Å². The summed E-state index contributed by atoms with van der Waals surface area (Å²) in [4.78, 5) is 0. The van der Waals surface area contributed by atoms with E-state index >= 15 is 0 Å². The summed E-state index contributed by atoms with van der Waals surface area (Å²) in [5.41, 5.74) is 0.181. The van der Waals surface area contributed by atoms with Gasteiger partial charge in [0.25, 0.3) is 0 Å². The topological polar surface area (TPSA) is 32.3 Å². The molecule has 0 heterocycles. The molecule has 0 radical (unpaired) electrons. The summed E-state index contributed by atoms with van der Waals surface area (Å²) in [6.45, 7) is 7.71. The molecule has 2 heteroatoms. The third kappa shape index (κ3) is 16.3. The second-order valence-electron chi connectivity index (χ2n) is 7.53. The van der Waals surface area contributed by atoms with Gasteiger partial charge in [0, 0.05) is 12.1 Å². The number of hydrogen-bond donors (Lipinski definition) is 2. The van der Waals surface area contributed by atoms with Gasteiger partial charge in [-0.15, -0.1) is 0 Å². The fourth-order valence-corrected chi connectivity index (χ4v) is 3.07. The maximum absolute atomic E-state index is 8.85. The summed E-state index contributed by atoms with van der Waals surface area (Å²) in [6.07, 6.45) is 19.6. The van der Waals surface area contributed by atoms with Crippen LogP contribution >= 0.6 is 0 Å². The molecule has 2 N–H and O–H groups in total. The average Bonchev–Trinajstić information content (AvgIpc) is 2.50. The van der Waals surface area contributed by atoms with Gasteiger partial charge in [0.1, 0.15) is 0 Å². The van der Waals surface area contributed by atoms with Gasteiger partial charge in [-0.3, -0.25) is 0 Å². The lowest BCUT2D eigenvalue weighted by atomic mass is 9.96. The molecule has 134 valence electrons.